The number of aryl methyl sites for hydroxylation is 1. The normalized spacial score (nSPS) is 19.6. The number of hydrogen-bond acceptors (Lipinski definition) is 3. The first-order chi connectivity index (χ1) is 9.53. The Morgan fingerprint density at radius 1 is 1.30 bits per heavy atom. The van der Waals surface area contributed by atoms with Gasteiger partial charge in [0.1, 0.15) is 6.04 Å². The van der Waals surface area contributed by atoms with Crippen molar-refractivity contribution < 1.29 is 13.2 Å². The van der Waals surface area contributed by atoms with Crippen LogP contribution in [0.3, 0.4) is 0 Å². The SMILES string of the molecule is O=C1NCCCC1NS(=O)(=O)c1ccc(CCCl)cc1. The van der Waals surface area contributed by atoms with Crippen LogP contribution in [0.25, 0.3) is 0 Å². The van der Waals surface area contributed by atoms with Crippen molar-refractivity contribution >= 4 is 27.5 Å². The fraction of sp³-hybridized carbons (Fsp3) is 0.462. The van der Waals surface area contributed by atoms with Crippen molar-refractivity contribution in [2.45, 2.75) is 30.2 Å². The van der Waals surface area contributed by atoms with Crippen LogP contribution in [0, 0.1) is 0 Å². The Bertz CT molecular complexity index is 572. The maximum atomic E-state index is 12.2. The second kappa shape index (κ2) is 6.56. The van der Waals surface area contributed by atoms with Gasteiger partial charge in [-0.3, -0.25) is 4.79 Å². The van der Waals surface area contributed by atoms with Gasteiger partial charge in [-0.15, -0.1) is 11.6 Å². The topological polar surface area (TPSA) is 75.3 Å². The lowest BCUT2D eigenvalue weighted by molar-refractivity contribution is -0.124. The van der Waals surface area contributed by atoms with Crippen molar-refractivity contribution in [1.82, 2.24) is 10.0 Å². The van der Waals surface area contributed by atoms with Gasteiger partial charge in [0, 0.05) is 12.4 Å². The summed E-state index contributed by atoms with van der Waals surface area (Å²) < 4.78 is 26.8. The van der Waals surface area contributed by atoms with Crippen molar-refractivity contribution in [2.24, 2.45) is 0 Å². The first-order valence-corrected chi connectivity index (χ1v) is 8.49. The van der Waals surface area contributed by atoms with Crippen LogP contribution in [0.1, 0.15) is 18.4 Å². The summed E-state index contributed by atoms with van der Waals surface area (Å²) >= 11 is 5.64. The number of amides is 1. The summed E-state index contributed by atoms with van der Waals surface area (Å²) in [7, 11) is -3.67. The van der Waals surface area contributed by atoms with Crippen molar-refractivity contribution in [3.05, 3.63) is 29.8 Å². The molecule has 1 heterocycles. The van der Waals surface area contributed by atoms with E-state index in [4.69, 9.17) is 11.6 Å². The monoisotopic (exact) mass is 316 g/mol. The molecule has 0 aliphatic carbocycles. The second-order valence-corrected chi connectivity index (χ2v) is 6.78. The smallest absolute Gasteiger partial charge is 0.241 e. The van der Waals surface area contributed by atoms with Gasteiger partial charge in [-0.1, -0.05) is 12.1 Å². The minimum Gasteiger partial charge on any atom is -0.355 e. The van der Waals surface area contributed by atoms with Gasteiger partial charge in [-0.05, 0) is 37.0 Å². The predicted molar refractivity (Wildman–Crippen MR) is 77.2 cm³/mol. The highest BCUT2D eigenvalue weighted by Crippen LogP contribution is 2.14. The highest BCUT2D eigenvalue weighted by Gasteiger charge is 2.27. The molecule has 1 aliphatic heterocycles. The van der Waals surface area contributed by atoms with Gasteiger partial charge >= 0.3 is 0 Å². The lowest BCUT2D eigenvalue weighted by atomic mass is 10.1. The Morgan fingerprint density at radius 2 is 2.00 bits per heavy atom. The molecule has 0 bridgehead atoms. The molecule has 5 nitrogen and oxygen atoms in total. The number of sulfonamides is 1. The summed E-state index contributed by atoms with van der Waals surface area (Å²) in [6.45, 7) is 0.601. The maximum absolute atomic E-state index is 12.2. The molecule has 2 N–H and O–H groups in total. The van der Waals surface area contributed by atoms with Crippen molar-refractivity contribution in [2.75, 3.05) is 12.4 Å². The molecule has 1 aromatic rings. The lowest BCUT2D eigenvalue weighted by Crippen LogP contribution is -2.50. The van der Waals surface area contributed by atoms with Gasteiger partial charge in [0.25, 0.3) is 0 Å². The van der Waals surface area contributed by atoms with E-state index in [1.165, 1.54) is 12.1 Å². The number of rotatable bonds is 5. The fourth-order valence-corrected chi connectivity index (χ4v) is 3.53. The van der Waals surface area contributed by atoms with Gasteiger partial charge in [0.2, 0.25) is 15.9 Å². The zero-order valence-corrected chi connectivity index (χ0v) is 12.5. The lowest BCUT2D eigenvalue weighted by Gasteiger charge is -2.22. The maximum Gasteiger partial charge on any atom is 0.241 e. The number of halogens is 1. The molecule has 0 radical (unpaired) electrons. The van der Waals surface area contributed by atoms with Gasteiger partial charge in [-0.25, -0.2) is 8.42 Å². The zero-order valence-electron chi connectivity index (χ0n) is 10.9. The van der Waals surface area contributed by atoms with E-state index in [-0.39, 0.29) is 10.8 Å². The Morgan fingerprint density at radius 3 is 2.60 bits per heavy atom. The summed E-state index contributed by atoms with van der Waals surface area (Å²) in [6, 6.07) is 5.85. The predicted octanol–water partition coefficient (Wildman–Crippen LogP) is 1.02. The number of alkyl halides is 1. The van der Waals surface area contributed by atoms with E-state index < -0.39 is 16.1 Å². The van der Waals surface area contributed by atoms with Gasteiger partial charge in [0.05, 0.1) is 4.90 Å². The molecular weight excluding hydrogens is 300 g/mol. The Labute approximate surface area is 123 Å². The molecule has 0 aromatic heterocycles. The molecule has 110 valence electrons. The third-order valence-electron chi connectivity index (χ3n) is 3.20. The van der Waals surface area contributed by atoms with Crippen LogP contribution in [-0.4, -0.2) is 32.8 Å². The number of piperidine rings is 1. The first kappa shape index (κ1) is 15.3. The molecule has 1 amide bonds. The largest absolute Gasteiger partial charge is 0.355 e. The summed E-state index contributed by atoms with van der Waals surface area (Å²) in [4.78, 5) is 11.8. The van der Waals surface area contributed by atoms with Crippen LogP contribution in [-0.2, 0) is 21.2 Å². The fourth-order valence-electron chi connectivity index (χ4n) is 2.08. The van der Waals surface area contributed by atoms with E-state index in [0.29, 0.717) is 25.3 Å². The molecule has 20 heavy (non-hydrogen) atoms. The van der Waals surface area contributed by atoms with Crippen molar-refractivity contribution in [3.63, 3.8) is 0 Å². The van der Waals surface area contributed by atoms with E-state index in [9.17, 15) is 13.2 Å². The number of carbonyl (C=O) groups excluding carboxylic acids is 1. The van der Waals surface area contributed by atoms with E-state index >= 15 is 0 Å². The quantitative estimate of drug-likeness (QED) is 0.797. The Kier molecular flexibility index (Phi) is 5.01. The highest BCUT2D eigenvalue weighted by atomic mass is 35.5. The van der Waals surface area contributed by atoms with E-state index in [1.807, 2.05) is 0 Å². The summed E-state index contributed by atoms with van der Waals surface area (Å²) in [6.07, 6.45) is 1.99. The van der Waals surface area contributed by atoms with E-state index in [0.717, 1.165) is 12.0 Å². The van der Waals surface area contributed by atoms with Crippen molar-refractivity contribution in [3.8, 4) is 0 Å². The second-order valence-electron chi connectivity index (χ2n) is 4.69. The van der Waals surface area contributed by atoms with Crippen LogP contribution in [0.15, 0.2) is 29.2 Å². The summed E-state index contributed by atoms with van der Waals surface area (Å²) in [5.74, 6) is 0.227. The standard InChI is InChI=1S/C13H17ClN2O3S/c14-8-7-10-3-5-11(6-4-10)20(18,19)16-12-2-1-9-15-13(12)17/h3-6,12,16H,1-2,7-9H2,(H,15,17). The van der Waals surface area contributed by atoms with Crippen LogP contribution >= 0.6 is 11.6 Å². The van der Waals surface area contributed by atoms with Crippen LogP contribution in [0.4, 0.5) is 0 Å². The summed E-state index contributed by atoms with van der Waals surface area (Å²) in [5.41, 5.74) is 0.981. The molecular formula is C13H17ClN2O3S. The van der Waals surface area contributed by atoms with E-state index in [1.54, 1.807) is 12.1 Å². The van der Waals surface area contributed by atoms with Gasteiger partial charge in [0.15, 0.2) is 0 Å². The Hall–Kier alpha value is -1.11. The van der Waals surface area contributed by atoms with Gasteiger partial charge < -0.3 is 5.32 Å². The van der Waals surface area contributed by atoms with Crippen molar-refractivity contribution in [1.29, 1.82) is 0 Å². The molecule has 2 rings (SSSR count). The summed E-state index contributed by atoms with van der Waals surface area (Å²) in [5, 5.41) is 2.65. The molecule has 1 saturated heterocycles. The molecule has 1 aliphatic rings. The van der Waals surface area contributed by atoms with Gasteiger partial charge in [-0.2, -0.15) is 4.72 Å². The number of carbonyl (C=O) groups is 1. The molecule has 1 unspecified atom stereocenters. The average molecular weight is 317 g/mol. The average Bonchev–Trinajstić information content (AvgIpc) is 2.42. The molecule has 1 fully saturated rings. The molecule has 1 aromatic carbocycles. The Balaban J connectivity index is 2.11. The van der Waals surface area contributed by atoms with Crippen LogP contribution in [0.5, 0.6) is 0 Å². The molecule has 1 atom stereocenters. The minimum atomic E-state index is -3.67. The minimum absolute atomic E-state index is 0.161. The zero-order chi connectivity index (χ0) is 14.6. The number of nitrogens with one attached hydrogen (secondary N) is 2. The van der Waals surface area contributed by atoms with Crippen LogP contribution < -0.4 is 10.0 Å². The number of benzene rings is 1. The third-order valence-corrected chi connectivity index (χ3v) is 4.88. The third kappa shape index (κ3) is 3.71. The van der Waals surface area contributed by atoms with Crippen LogP contribution in [0.2, 0.25) is 0 Å². The number of hydrogen-bond donors (Lipinski definition) is 2. The molecule has 0 spiro atoms. The first-order valence-electron chi connectivity index (χ1n) is 6.48. The molecule has 0 saturated carbocycles. The highest BCUT2D eigenvalue weighted by molar-refractivity contribution is 7.89. The molecule has 7 heteroatoms. The van der Waals surface area contributed by atoms with E-state index in [2.05, 4.69) is 10.0 Å².